The van der Waals surface area contributed by atoms with Crippen LogP contribution < -0.4 is 15.1 Å². The highest BCUT2D eigenvalue weighted by atomic mass is 35.5. The third-order valence-electron chi connectivity index (χ3n) is 6.87. The summed E-state index contributed by atoms with van der Waals surface area (Å²) >= 11 is 6.54. The molecule has 38 heavy (non-hydrogen) atoms. The molecule has 3 heterocycles. The Morgan fingerprint density at radius 1 is 1.03 bits per heavy atom. The van der Waals surface area contributed by atoms with Crippen LogP contribution in [-0.4, -0.2) is 42.4 Å². The molecule has 2 aliphatic heterocycles. The molecular formula is C29H27ClF2N4O2. The molecule has 0 bridgehead atoms. The van der Waals surface area contributed by atoms with E-state index in [1.54, 1.807) is 54.7 Å². The number of fused-ring (bicyclic) bond motifs is 1. The molecule has 196 valence electrons. The lowest BCUT2D eigenvalue weighted by Gasteiger charge is -2.24. The van der Waals surface area contributed by atoms with E-state index in [9.17, 15) is 9.59 Å². The first-order valence-corrected chi connectivity index (χ1v) is 12.9. The third kappa shape index (κ3) is 5.41. The molecule has 1 saturated heterocycles. The highest BCUT2D eigenvalue weighted by Crippen LogP contribution is 2.43. The Balaban J connectivity index is 1.44. The third-order valence-corrected chi connectivity index (χ3v) is 7.19. The van der Waals surface area contributed by atoms with Crippen LogP contribution in [0.1, 0.15) is 40.9 Å². The van der Waals surface area contributed by atoms with E-state index in [4.69, 9.17) is 11.6 Å². The van der Waals surface area contributed by atoms with Crippen LogP contribution in [0.15, 0.2) is 72.9 Å². The van der Waals surface area contributed by atoms with Gasteiger partial charge in [-0.1, -0.05) is 35.9 Å². The molecule has 2 amide bonds. The SMILES string of the molecule is O=C(/C=C1\c2ccccc2N(C(=O)c2ccc(N3CCCC3)cc2Cl)CCC1(F)F)NCc1ccccn1. The van der Waals surface area contributed by atoms with E-state index in [1.807, 2.05) is 6.07 Å². The van der Waals surface area contributed by atoms with E-state index in [-0.39, 0.29) is 29.2 Å². The smallest absolute Gasteiger partial charge is 0.275 e. The van der Waals surface area contributed by atoms with Gasteiger partial charge < -0.3 is 15.1 Å². The zero-order valence-corrected chi connectivity index (χ0v) is 21.4. The maximum absolute atomic E-state index is 15.4. The standard InChI is InChI=1S/C29H27ClF2N4O2/c30-25-17-21(35-14-5-6-15-35)10-11-23(25)28(38)36-16-12-29(31,32)24(22-8-1-2-9-26(22)36)18-27(37)34-19-20-7-3-4-13-33-20/h1-4,7-11,13,17-18H,5-6,12,14-16,19H2,(H,34,37)/b24-18+. The van der Waals surface area contributed by atoms with Gasteiger partial charge in [0.2, 0.25) is 5.91 Å². The van der Waals surface area contributed by atoms with Gasteiger partial charge in [-0.05, 0) is 49.2 Å². The summed E-state index contributed by atoms with van der Waals surface area (Å²) in [6.45, 7) is 1.73. The number of hydrogen-bond acceptors (Lipinski definition) is 4. The molecular weight excluding hydrogens is 510 g/mol. The first-order chi connectivity index (χ1) is 18.3. The van der Waals surface area contributed by atoms with Crippen molar-refractivity contribution in [3.05, 3.63) is 94.8 Å². The summed E-state index contributed by atoms with van der Waals surface area (Å²) in [5.41, 5.74) is 1.79. The van der Waals surface area contributed by atoms with Crippen LogP contribution in [0.2, 0.25) is 5.02 Å². The minimum absolute atomic E-state index is 0.104. The van der Waals surface area contributed by atoms with Gasteiger partial charge in [-0.2, -0.15) is 0 Å². The van der Waals surface area contributed by atoms with Crippen LogP contribution in [-0.2, 0) is 11.3 Å². The van der Waals surface area contributed by atoms with Gasteiger partial charge >= 0.3 is 0 Å². The monoisotopic (exact) mass is 536 g/mol. The number of para-hydroxylation sites is 1. The molecule has 0 saturated carbocycles. The first kappa shape index (κ1) is 25.9. The van der Waals surface area contributed by atoms with Crippen molar-refractivity contribution in [2.24, 2.45) is 0 Å². The highest BCUT2D eigenvalue weighted by molar-refractivity contribution is 6.35. The number of rotatable bonds is 5. The number of halogens is 3. The number of nitrogens with one attached hydrogen (secondary N) is 1. The average molecular weight is 537 g/mol. The molecule has 9 heteroatoms. The fourth-order valence-corrected chi connectivity index (χ4v) is 5.15. The van der Waals surface area contributed by atoms with Gasteiger partial charge in [0.05, 0.1) is 28.5 Å². The number of allylic oxidation sites excluding steroid dienone is 1. The van der Waals surface area contributed by atoms with Crippen molar-refractivity contribution in [1.82, 2.24) is 10.3 Å². The molecule has 0 atom stereocenters. The van der Waals surface area contributed by atoms with E-state index < -0.39 is 29.7 Å². The molecule has 3 aromatic rings. The Bertz CT molecular complexity index is 1370. The van der Waals surface area contributed by atoms with Crippen molar-refractivity contribution >= 4 is 40.4 Å². The van der Waals surface area contributed by atoms with Crippen molar-refractivity contribution < 1.29 is 18.4 Å². The lowest BCUT2D eigenvalue weighted by Crippen LogP contribution is -2.33. The fourth-order valence-electron chi connectivity index (χ4n) is 4.89. The Kier molecular flexibility index (Phi) is 7.42. The van der Waals surface area contributed by atoms with Crippen LogP contribution in [0.3, 0.4) is 0 Å². The summed E-state index contributed by atoms with van der Waals surface area (Å²) in [6.07, 6.45) is 4.08. The number of anilines is 2. The van der Waals surface area contributed by atoms with Gasteiger partial charge in [0.15, 0.2) is 0 Å². The normalized spacial score (nSPS) is 17.7. The van der Waals surface area contributed by atoms with Crippen LogP contribution in [0.4, 0.5) is 20.2 Å². The van der Waals surface area contributed by atoms with Crippen LogP contribution in [0, 0.1) is 0 Å². The molecule has 1 aromatic heterocycles. The van der Waals surface area contributed by atoms with Crippen LogP contribution >= 0.6 is 11.6 Å². The average Bonchev–Trinajstić information content (AvgIpc) is 3.43. The molecule has 1 N–H and O–H groups in total. The topological polar surface area (TPSA) is 65.5 Å². The van der Waals surface area contributed by atoms with Gasteiger partial charge in [-0.25, -0.2) is 8.78 Å². The lowest BCUT2D eigenvalue weighted by atomic mass is 9.97. The minimum atomic E-state index is -3.34. The zero-order chi connectivity index (χ0) is 26.7. The number of benzene rings is 2. The largest absolute Gasteiger partial charge is 0.371 e. The molecule has 1 fully saturated rings. The Labute approximate surface area is 224 Å². The second-order valence-corrected chi connectivity index (χ2v) is 9.79. The Hall–Kier alpha value is -3.78. The maximum atomic E-state index is 15.4. The number of pyridine rings is 1. The second-order valence-electron chi connectivity index (χ2n) is 9.38. The lowest BCUT2D eigenvalue weighted by molar-refractivity contribution is -0.116. The van der Waals surface area contributed by atoms with Gasteiger partial charge in [-0.3, -0.25) is 14.6 Å². The molecule has 2 aliphatic rings. The number of hydrogen-bond donors (Lipinski definition) is 1. The Morgan fingerprint density at radius 2 is 1.79 bits per heavy atom. The first-order valence-electron chi connectivity index (χ1n) is 12.6. The predicted molar refractivity (Wildman–Crippen MR) is 145 cm³/mol. The van der Waals surface area contributed by atoms with E-state index in [1.165, 1.54) is 11.0 Å². The molecule has 0 radical (unpaired) electrons. The highest BCUT2D eigenvalue weighted by Gasteiger charge is 2.41. The summed E-state index contributed by atoms with van der Waals surface area (Å²) in [5.74, 6) is -4.47. The predicted octanol–water partition coefficient (Wildman–Crippen LogP) is 5.72. The maximum Gasteiger partial charge on any atom is 0.275 e. The van der Waals surface area contributed by atoms with Crippen molar-refractivity contribution in [2.75, 3.05) is 29.4 Å². The van der Waals surface area contributed by atoms with Crippen LogP contribution in [0.5, 0.6) is 0 Å². The fraction of sp³-hybridized carbons (Fsp3) is 0.276. The number of carbonyl (C=O) groups is 2. The summed E-state index contributed by atoms with van der Waals surface area (Å²) in [7, 11) is 0. The zero-order valence-electron chi connectivity index (χ0n) is 20.7. The summed E-state index contributed by atoms with van der Waals surface area (Å²) in [4.78, 5) is 34.0. The van der Waals surface area contributed by atoms with Crippen molar-refractivity contribution in [3.63, 3.8) is 0 Å². The summed E-state index contributed by atoms with van der Waals surface area (Å²) in [5, 5.41) is 2.89. The molecule has 2 aromatic carbocycles. The van der Waals surface area contributed by atoms with Crippen LogP contribution in [0.25, 0.3) is 5.57 Å². The molecule has 0 unspecified atom stereocenters. The summed E-state index contributed by atoms with van der Waals surface area (Å²) in [6, 6.07) is 16.9. The minimum Gasteiger partial charge on any atom is -0.371 e. The number of amides is 2. The molecule has 0 aliphatic carbocycles. The van der Waals surface area contributed by atoms with Crippen molar-refractivity contribution in [3.8, 4) is 0 Å². The van der Waals surface area contributed by atoms with Gasteiger partial charge in [-0.15, -0.1) is 0 Å². The second kappa shape index (κ2) is 10.9. The van der Waals surface area contributed by atoms with Crippen molar-refractivity contribution in [2.45, 2.75) is 31.7 Å². The molecule has 0 spiro atoms. The van der Waals surface area contributed by atoms with E-state index >= 15 is 8.78 Å². The molecule has 5 rings (SSSR count). The van der Waals surface area contributed by atoms with E-state index in [2.05, 4.69) is 15.2 Å². The van der Waals surface area contributed by atoms with E-state index in [0.717, 1.165) is 37.7 Å². The van der Waals surface area contributed by atoms with Crippen molar-refractivity contribution in [1.29, 1.82) is 0 Å². The van der Waals surface area contributed by atoms with Gasteiger partial charge in [0.25, 0.3) is 11.8 Å². The summed E-state index contributed by atoms with van der Waals surface area (Å²) < 4.78 is 30.9. The van der Waals surface area contributed by atoms with E-state index in [0.29, 0.717) is 11.4 Å². The number of aromatic nitrogens is 1. The van der Waals surface area contributed by atoms with Gasteiger partial charge in [0.1, 0.15) is 0 Å². The number of nitrogens with zero attached hydrogens (tertiary/aromatic N) is 3. The number of alkyl halides is 2. The van der Waals surface area contributed by atoms with Gasteiger partial charge in [0, 0.05) is 55.2 Å². The Morgan fingerprint density at radius 3 is 2.53 bits per heavy atom. The molecule has 6 nitrogen and oxygen atoms in total. The quantitative estimate of drug-likeness (QED) is 0.424. The number of carbonyl (C=O) groups excluding carboxylic acids is 2.